The van der Waals surface area contributed by atoms with Crippen molar-refractivity contribution in [2.24, 2.45) is 0 Å². The summed E-state index contributed by atoms with van der Waals surface area (Å²) in [7, 11) is -4.49. The summed E-state index contributed by atoms with van der Waals surface area (Å²) in [5.74, 6) is 0.196. The number of benzene rings is 2. The van der Waals surface area contributed by atoms with E-state index in [1.807, 2.05) is 18.2 Å². The van der Waals surface area contributed by atoms with Gasteiger partial charge in [-0.2, -0.15) is 0 Å². The second-order valence-electron chi connectivity index (χ2n) is 3.06. The minimum atomic E-state index is -4.49. The summed E-state index contributed by atoms with van der Waals surface area (Å²) < 4.78 is 15.3. The quantitative estimate of drug-likeness (QED) is 0.545. The van der Waals surface area contributed by atoms with Crippen molar-refractivity contribution in [1.82, 2.24) is 0 Å². The van der Waals surface area contributed by atoms with Crippen LogP contribution in [0.3, 0.4) is 0 Å². The van der Waals surface area contributed by atoms with Gasteiger partial charge in [-0.3, -0.25) is 9.79 Å². The van der Waals surface area contributed by atoms with Gasteiger partial charge in [0.1, 0.15) is 5.75 Å². The van der Waals surface area contributed by atoms with Gasteiger partial charge >= 0.3 is 37.4 Å². The molecule has 0 saturated carbocycles. The van der Waals surface area contributed by atoms with E-state index in [0.29, 0.717) is 5.39 Å². The molecule has 0 aromatic heterocycles. The molecule has 2 N–H and O–H groups in total. The maximum absolute atomic E-state index is 10.7. The van der Waals surface area contributed by atoms with Crippen LogP contribution >= 0.6 is 7.82 Å². The first-order valence-electron chi connectivity index (χ1n) is 4.29. The molecule has 0 aliphatic rings. The molecule has 16 heavy (non-hydrogen) atoms. The third-order valence-corrected chi connectivity index (χ3v) is 2.40. The molecule has 2 rings (SSSR count). The molecule has 0 radical (unpaired) electrons. The van der Waals surface area contributed by atoms with Crippen LogP contribution in [-0.4, -0.2) is 9.79 Å². The van der Waals surface area contributed by atoms with Crippen LogP contribution in [0, 0.1) is 0 Å². The summed E-state index contributed by atoms with van der Waals surface area (Å²) >= 11 is 0. The first-order chi connectivity index (χ1) is 7.06. The van der Waals surface area contributed by atoms with E-state index in [0.717, 1.165) is 5.39 Å². The third-order valence-electron chi connectivity index (χ3n) is 1.97. The number of phosphoric acid groups is 1. The number of rotatable bonds is 2. The van der Waals surface area contributed by atoms with E-state index in [2.05, 4.69) is 4.52 Å². The minimum absolute atomic E-state index is 0. The number of hydrogen-bond acceptors (Lipinski definition) is 2. The van der Waals surface area contributed by atoms with Crippen molar-refractivity contribution in [2.45, 2.75) is 0 Å². The zero-order chi connectivity index (χ0) is 10.9. The molecule has 0 aliphatic heterocycles. The first-order valence-corrected chi connectivity index (χ1v) is 5.82. The zero-order valence-corrected chi connectivity index (χ0v) is 11.6. The van der Waals surface area contributed by atoms with Gasteiger partial charge in [-0.25, -0.2) is 4.57 Å². The van der Waals surface area contributed by atoms with Gasteiger partial charge in [0.2, 0.25) is 0 Å². The molecule has 0 saturated heterocycles. The van der Waals surface area contributed by atoms with E-state index in [9.17, 15) is 4.57 Å². The maximum Gasteiger partial charge on any atom is 1.00 e. The topological polar surface area (TPSA) is 66.8 Å². The summed E-state index contributed by atoms with van der Waals surface area (Å²) in [6.07, 6.45) is 0. The number of phosphoric ester groups is 1. The Morgan fingerprint density at radius 1 is 1.00 bits per heavy atom. The fraction of sp³-hybridized carbons (Fsp3) is 0. The van der Waals surface area contributed by atoms with Crippen molar-refractivity contribution in [3.05, 3.63) is 42.5 Å². The number of fused-ring (bicyclic) bond motifs is 1. The Labute approximate surface area is 115 Å². The summed E-state index contributed by atoms with van der Waals surface area (Å²) in [5.41, 5.74) is 0. The van der Waals surface area contributed by atoms with Crippen LogP contribution in [-0.2, 0) is 4.57 Å². The normalized spacial score (nSPS) is 10.9. The molecule has 0 fully saturated rings. The standard InChI is InChI=1S/C10H9O4P.Na/c11-15(12,13)14-10-7-3-5-8-4-1-2-6-9(8)10;/h1-7H,(H2,11,12,13);/q;+1. The van der Waals surface area contributed by atoms with Gasteiger partial charge in [-0.15, -0.1) is 0 Å². The molecule has 6 heteroatoms. The maximum atomic E-state index is 10.7. The van der Waals surface area contributed by atoms with E-state index < -0.39 is 7.82 Å². The molecular weight excluding hydrogens is 238 g/mol. The molecule has 0 spiro atoms. The van der Waals surface area contributed by atoms with Crippen molar-refractivity contribution in [2.75, 3.05) is 0 Å². The number of hydrogen-bond donors (Lipinski definition) is 2. The Balaban J connectivity index is 0.00000128. The molecular formula is C10H9NaO4P+. The predicted octanol–water partition coefficient (Wildman–Crippen LogP) is -0.685. The predicted molar refractivity (Wildman–Crippen MR) is 56.6 cm³/mol. The minimum Gasteiger partial charge on any atom is -0.404 e. The second kappa shape index (κ2) is 5.32. The summed E-state index contributed by atoms with van der Waals surface area (Å²) in [6.45, 7) is 0. The van der Waals surface area contributed by atoms with Crippen LogP contribution in [0.25, 0.3) is 10.8 Å². The first kappa shape index (κ1) is 13.7. The Morgan fingerprint density at radius 2 is 1.62 bits per heavy atom. The Morgan fingerprint density at radius 3 is 2.31 bits per heavy atom. The van der Waals surface area contributed by atoms with Gasteiger partial charge in [-0.1, -0.05) is 36.4 Å². The van der Waals surface area contributed by atoms with E-state index in [-0.39, 0.29) is 35.3 Å². The van der Waals surface area contributed by atoms with E-state index in [1.54, 1.807) is 18.2 Å². The molecule has 78 valence electrons. The van der Waals surface area contributed by atoms with E-state index >= 15 is 0 Å². The summed E-state index contributed by atoms with van der Waals surface area (Å²) in [4.78, 5) is 17.4. The molecule has 0 heterocycles. The Hall–Kier alpha value is -0.350. The molecule has 0 unspecified atom stereocenters. The summed E-state index contributed by atoms with van der Waals surface area (Å²) in [6, 6.07) is 12.3. The van der Waals surface area contributed by atoms with Gasteiger partial charge < -0.3 is 4.52 Å². The largest absolute Gasteiger partial charge is 1.00 e. The van der Waals surface area contributed by atoms with Gasteiger partial charge in [-0.05, 0) is 11.5 Å². The molecule has 2 aromatic carbocycles. The zero-order valence-electron chi connectivity index (χ0n) is 8.70. The fourth-order valence-corrected chi connectivity index (χ4v) is 1.82. The average molecular weight is 247 g/mol. The van der Waals surface area contributed by atoms with Crippen molar-refractivity contribution in [3.63, 3.8) is 0 Å². The van der Waals surface area contributed by atoms with E-state index in [1.165, 1.54) is 6.07 Å². The van der Waals surface area contributed by atoms with Crippen LogP contribution in [0.5, 0.6) is 5.75 Å². The van der Waals surface area contributed by atoms with Crippen LogP contribution in [0.15, 0.2) is 42.5 Å². The molecule has 0 bridgehead atoms. The van der Waals surface area contributed by atoms with E-state index in [4.69, 9.17) is 9.79 Å². The molecule has 2 aromatic rings. The molecule has 0 amide bonds. The van der Waals surface area contributed by atoms with Crippen LogP contribution in [0.1, 0.15) is 0 Å². The van der Waals surface area contributed by atoms with Crippen LogP contribution in [0.4, 0.5) is 0 Å². The van der Waals surface area contributed by atoms with Crippen molar-refractivity contribution in [3.8, 4) is 5.75 Å². The van der Waals surface area contributed by atoms with Gasteiger partial charge in [0.15, 0.2) is 0 Å². The molecule has 4 nitrogen and oxygen atoms in total. The fourth-order valence-electron chi connectivity index (χ4n) is 1.40. The Bertz CT molecular complexity index is 532. The Kier molecular flexibility index (Phi) is 4.56. The van der Waals surface area contributed by atoms with Gasteiger partial charge in [0, 0.05) is 5.39 Å². The van der Waals surface area contributed by atoms with Crippen molar-refractivity contribution >= 4 is 18.6 Å². The van der Waals surface area contributed by atoms with Gasteiger partial charge in [0.05, 0.1) is 0 Å². The summed E-state index contributed by atoms with van der Waals surface area (Å²) in [5, 5.41) is 1.56. The SMILES string of the molecule is O=P(O)(O)Oc1cccc2ccccc12.[Na+]. The monoisotopic (exact) mass is 247 g/mol. The molecule has 0 aliphatic carbocycles. The smallest absolute Gasteiger partial charge is 0.404 e. The molecule has 0 atom stereocenters. The van der Waals surface area contributed by atoms with Crippen molar-refractivity contribution < 1.29 is 48.4 Å². The average Bonchev–Trinajstić information content (AvgIpc) is 2.16. The van der Waals surface area contributed by atoms with Crippen LogP contribution < -0.4 is 34.1 Å². The van der Waals surface area contributed by atoms with Crippen LogP contribution in [0.2, 0.25) is 0 Å². The third kappa shape index (κ3) is 3.32. The second-order valence-corrected chi connectivity index (χ2v) is 4.22. The van der Waals surface area contributed by atoms with Crippen molar-refractivity contribution in [1.29, 1.82) is 0 Å². The van der Waals surface area contributed by atoms with Gasteiger partial charge in [0.25, 0.3) is 0 Å².